The maximum atomic E-state index is 13.0. The van der Waals surface area contributed by atoms with Gasteiger partial charge in [-0.1, -0.05) is 17.7 Å². The molecule has 1 saturated heterocycles. The average molecular weight is 386 g/mol. The first-order valence-corrected chi connectivity index (χ1v) is 9.10. The van der Waals surface area contributed by atoms with Crippen LogP contribution in [0.3, 0.4) is 0 Å². The van der Waals surface area contributed by atoms with Crippen molar-refractivity contribution in [3.8, 4) is 0 Å². The van der Waals surface area contributed by atoms with Gasteiger partial charge in [-0.05, 0) is 31.7 Å². The minimum Gasteiger partial charge on any atom is -0.384 e. The van der Waals surface area contributed by atoms with E-state index in [-0.39, 0.29) is 17.1 Å². The van der Waals surface area contributed by atoms with Crippen molar-refractivity contribution in [3.63, 3.8) is 0 Å². The summed E-state index contributed by atoms with van der Waals surface area (Å²) in [5.41, 5.74) is 6.80. The molecule has 3 aromatic heterocycles. The van der Waals surface area contributed by atoms with Crippen molar-refractivity contribution >= 4 is 29.0 Å². The van der Waals surface area contributed by atoms with Gasteiger partial charge in [0.25, 0.3) is 5.91 Å². The molecule has 1 amide bonds. The molecule has 1 fully saturated rings. The zero-order valence-corrected chi connectivity index (χ0v) is 15.7. The van der Waals surface area contributed by atoms with Crippen LogP contribution in [0.15, 0.2) is 36.7 Å². The number of carbonyl (C=O) groups excluding carboxylic acids is 1. The van der Waals surface area contributed by atoms with Gasteiger partial charge in [0.05, 0.1) is 6.54 Å². The molecule has 1 atom stereocenters. The Labute approximate surface area is 161 Å². The number of likely N-dealkylation sites (N-methyl/N-ethyl adjacent to an activating group) is 1. The van der Waals surface area contributed by atoms with Crippen molar-refractivity contribution in [1.29, 1.82) is 0 Å². The highest BCUT2D eigenvalue weighted by Crippen LogP contribution is 2.23. The fourth-order valence-electron chi connectivity index (χ4n) is 3.44. The molecule has 140 valence electrons. The third-order valence-corrected chi connectivity index (χ3v) is 5.15. The molecule has 1 unspecified atom stereocenters. The lowest BCUT2D eigenvalue weighted by Gasteiger charge is -2.24. The summed E-state index contributed by atoms with van der Waals surface area (Å²) >= 11 is 6.24. The lowest BCUT2D eigenvalue weighted by Crippen LogP contribution is -2.37. The Balaban J connectivity index is 1.47. The Morgan fingerprint density at radius 1 is 1.37 bits per heavy atom. The molecule has 27 heavy (non-hydrogen) atoms. The fraction of sp³-hybridized carbons (Fsp3) is 0.333. The summed E-state index contributed by atoms with van der Waals surface area (Å²) in [4.78, 5) is 29.8. The lowest BCUT2D eigenvalue weighted by molar-refractivity contribution is 0.0772. The number of nitrogen functional groups attached to an aromatic ring is 1. The van der Waals surface area contributed by atoms with Gasteiger partial charge in [0.2, 0.25) is 0 Å². The summed E-state index contributed by atoms with van der Waals surface area (Å²) in [5, 5.41) is 0.233. The van der Waals surface area contributed by atoms with Crippen molar-refractivity contribution < 1.29 is 4.79 Å². The largest absolute Gasteiger partial charge is 0.384 e. The summed E-state index contributed by atoms with van der Waals surface area (Å²) in [7, 11) is 2.01. The number of amides is 1. The molecule has 0 spiro atoms. The summed E-state index contributed by atoms with van der Waals surface area (Å²) in [6.45, 7) is 1.87. The molecular formula is C18H20ClN7O. The number of fused-ring (bicyclic) bond motifs is 1. The van der Waals surface area contributed by atoms with Gasteiger partial charge in [-0.25, -0.2) is 15.0 Å². The number of halogens is 1. The van der Waals surface area contributed by atoms with Gasteiger partial charge in [0.1, 0.15) is 17.3 Å². The standard InChI is InChI=1S/C18H20ClN7O/c1-24(11-14-21-7-5-13(20)22-14)12-6-9-25(10-12)18(27)16-17(19)23-15-4-2-3-8-26(15)16/h2-5,7-8,12H,6,9-11H2,1H3,(H2,20,21,22). The maximum Gasteiger partial charge on any atom is 0.274 e. The molecule has 4 rings (SSSR count). The molecular weight excluding hydrogens is 366 g/mol. The van der Waals surface area contributed by atoms with Crippen LogP contribution in [0.25, 0.3) is 5.65 Å². The highest BCUT2D eigenvalue weighted by atomic mass is 35.5. The first-order valence-electron chi connectivity index (χ1n) is 8.72. The third-order valence-electron chi connectivity index (χ3n) is 4.88. The number of carbonyl (C=O) groups is 1. The van der Waals surface area contributed by atoms with E-state index in [9.17, 15) is 4.79 Å². The molecule has 0 radical (unpaired) electrons. The van der Waals surface area contributed by atoms with Gasteiger partial charge in [-0.15, -0.1) is 0 Å². The molecule has 3 aromatic rings. The number of hydrogen-bond donors (Lipinski definition) is 1. The van der Waals surface area contributed by atoms with Crippen LogP contribution in [-0.2, 0) is 6.54 Å². The average Bonchev–Trinajstić information content (AvgIpc) is 3.25. The molecule has 2 N–H and O–H groups in total. The summed E-state index contributed by atoms with van der Waals surface area (Å²) in [6, 6.07) is 7.44. The molecule has 0 aromatic carbocycles. The van der Waals surface area contributed by atoms with Crippen LogP contribution in [0.1, 0.15) is 22.7 Å². The zero-order chi connectivity index (χ0) is 19.0. The highest BCUT2D eigenvalue weighted by molar-refractivity contribution is 6.32. The molecule has 1 aliphatic heterocycles. The molecule has 0 saturated carbocycles. The monoisotopic (exact) mass is 385 g/mol. The van der Waals surface area contributed by atoms with Gasteiger partial charge in [-0.3, -0.25) is 14.1 Å². The second-order valence-corrected chi connectivity index (χ2v) is 7.04. The van der Waals surface area contributed by atoms with E-state index in [1.807, 2.05) is 30.1 Å². The van der Waals surface area contributed by atoms with E-state index in [1.54, 1.807) is 22.9 Å². The second-order valence-electron chi connectivity index (χ2n) is 6.69. The van der Waals surface area contributed by atoms with Crippen LogP contribution in [0, 0.1) is 0 Å². The van der Waals surface area contributed by atoms with Gasteiger partial charge < -0.3 is 10.6 Å². The van der Waals surface area contributed by atoms with Crippen molar-refractivity contribution in [2.45, 2.75) is 19.0 Å². The van der Waals surface area contributed by atoms with E-state index < -0.39 is 0 Å². The maximum absolute atomic E-state index is 13.0. The lowest BCUT2D eigenvalue weighted by atomic mass is 10.2. The number of imidazole rings is 1. The van der Waals surface area contributed by atoms with E-state index in [4.69, 9.17) is 17.3 Å². The third kappa shape index (κ3) is 3.45. The van der Waals surface area contributed by atoms with Gasteiger partial charge in [0.15, 0.2) is 10.8 Å². The van der Waals surface area contributed by atoms with Crippen LogP contribution in [0.2, 0.25) is 5.15 Å². The van der Waals surface area contributed by atoms with Crippen LogP contribution in [-0.4, -0.2) is 61.2 Å². The zero-order valence-electron chi connectivity index (χ0n) is 14.9. The number of nitrogens with two attached hydrogens (primary N) is 1. The minimum absolute atomic E-state index is 0.102. The van der Waals surface area contributed by atoms with Crippen LogP contribution in [0.5, 0.6) is 0 Å². The number of rotatable bonds is 4. The predicted molar refractivity (Wildman–Crippen MR) is 102 cm³/mol. The van der Waals surface area contributed by atoms with Gasteiger partial charge in [0, 0.05) is 31.5 Å². The van der Waals surface area contributed by atoms with Crippen molar-refractivity contribution in [2.75, 3.05) is 25.9 Å². The first-order chi connectivity index (χ1) is 13.0. The van der Waals surface area contributed by atoms with E-state index in [2.05, 4.69) is 19.9 Å². The Kier molecular flexibility index (Phi) is 4.67. The minimum atomic E-state index is -0.102. The fourth-order valence-corrected chi connectivity index (χ4v) is 3.70. The van der Waals surface area contributed by atoms with Gasteiger partial charge >= 0.3 is 0 Å². The van der Waals surface area contributed by atoms with E-state index in [0.717, 1.165) is 6.42 Å². The van der Waals surface area contributed by atoms with E-state index in [0.29, 0.717) is 42.6 Å². The highest BCUT2D eigenvalue weighted by Gasteiger charge is 2.32. The normalized spacial score (nSPS) is 17.1. The number of pyridine rings is 1. The number of anilines is 1. The molecule has 1 aliphatic rings. The molecule has 0 aliphatic carbocycles. The van der Waals surface area contributed by atoms with E-state index >= 15 is 0 Å². The summed E-state index contributed by atoms with van der Waals surface area (Å²) in [6.07, 6.45) is 4.33. The Bertz CT molecular complexity index is 989. The smallest absolute Gasteiger partial charge is 0.274 e. The Morgan fingerprint density at radius 2 is 2.22 bits per heavy atom. The van der Waals surface area contributed by atoms with Crippen LogP contribution < -0.4 is 5.73 Å². The number of likely N-dealkylation sites (tertiary alicyclic amines) is 1. The van der Waals surface area contributed by atoms with Crippen molar-refractivity contribution in [3.05, 3.63) is 53.3 Å². The number of aromatic nitrogens is 4. The van der Waals surface area contributed by atoms with Crippen molar-refractivity contribution in [1.82, 2.24) is 29.2 Å². The second kappa shape index (κ2) is 7.13. The predicted octanol–water partition coefficient (Wildman–Crippen LogP) is 1.71. The molecule has 8 nitrogen and oxygen atoms in total. The summed E-state index contributed by atoms with van der Waals surface area (Å²) < 4.78 is 1.74. The Hall–Kier alpha value is -2.71. The first kappa shape index (κ1) is 17.7. The van der Waals surface area contributed by atoms with Crippen LogP contribution >= 0.6 is 11.6 Å². The summed E-state index contributed by atoms with van der Waals surface area (Å²) in [5.74, 6) is 1.03. The SMILES string of the molecule is CN(Cc1nccc(N)n1)C1CCN(C(=O)c2c(Cl)nc3ccccn23)C1. The number of nitrogens with zero attached hydrogens (tertiary/aromatic N) is 6. The number of hydrogen-bond acceptors (Lipinski definition) is 6. The topological polar surface area (TPSA) is 92.7 Å². The quantitative estimate of drug-likeness (QED) is 0.734. The molecule has 4 heterocycles. The molecule has 0 bridgehead atoms. The Morgan fingerprint density at radius 3 is 3.04 bits per heavy atom. The van der Waals surface area contributed by atoms with Crippen LogP contribution in [0.4, 0.5) is 5.82 Å². The van der Waals surface area contributed by atoms with E-state index in [1.165, 1.54) is 0 Å². The van der Waals surface area contributed by atoms with Gasteiger partial charge in [-0.2, -0.15) is 0 Å². The molecule has 9 heteroatoms. The van der Waals surface area contributed by atoms with Crippen molar-refractivity contribution in [2.24, 2.45) is 0 Å².